The van der Waals surface area contributed by atoms with Gasteiger partial charge in [0.25, 0.3) is 0 Å². The molecule has 5 nitrogen and oxygen atoms in total. The average molecular weight is 792 g/mol. The van der Waals surface area contributed by atoms with E-state index in [1.807, 2.05) is 69.2 Å². The zero-order chi connectivity index (χ0) is 43.8. The van der Waals surface area contributed by atoms with Crippen molar-refractivity contribution in [3.8, 4) is 0 Å². The first-order valence-corrected chi connectivity index (χ1v) is 24.1. The third-order valence-corrected chi connectivity index (χ3v) is 10.1. The van der Waals surface area contributed by atoms with Gasteiger partial charge in [-0.05, 0) is 97.0 Å². The maximum absolute atomic E-state index is 4.69. The number of aryl methyl sites for hydroxylation is 4. The molecule has 3 aliphatic heterocycles. The molecule has 7 rings (SSSR count). The van der Waals surface area contributed by atoms with E-state index < -0.39 is 0 Å². The third kappa shape index (κ3) is 20.9. The van der Waals surface area contributed by atoms with E-state index in [1.165, 1.54) is 137 Å². The van der Waals surface area contributed by atoms with Crippen molar-refractivity contribution in [2.45, 2.75) is 194 Å². The lowest BCUT2D eigenvalue weighted by Crippen LogP contribution is -2.55. The van der Waals surface area contributed by atoms with Crippen LogP contribution in [0.25, 0.3) is 10.9 Å². The van der Waals surface area contributed by atoms with Crippen LogP contribution in [0.15, 0.2) is 48.7 Å². The number of piperidine rings is 2. The Morgan fingerprint density at radius 2 is 0.789 bits per heavy atom. The van der Waals surface area contributed by atoms with Crippen molar-refractivity contribution >= 4 is 16.6 Å². The molecule has 3 saturated heterocycles. The zero-order valence-corrected chi connectivity index (χ0v) is 41.4. The standard InChI is InChI=1S/C28H41N5.C8H10.2C3H8.5C2H6/c1-21-3-6-27-26(19-21)28(22(2)20-29-27)33-13-9-24(10-14-33)30-11-7-25(8-12-30)32-17-15-31(16-18-32)23-4-5-23;1-7-3-5-8(2)6-4-7;2*1-3-2;5*1-2/h3,6,19-20,23-25H,4-5,7-18H2,1-2H3;3-6H,1-2H3;2*3H2,1-2H3;5*1-2H3. The largest absolute Gasteiger partial charge is 0.371 e. The topological polar surface area (TPSA) is 25.9 Å². The van der Waals surface area contributed by atoms with Gasteiger partial charge in [-0.2, -0.15) is 0 Å². The summed E-state index contributed by atoms with van der Waals surface area (Å²) in [4.78, 5) is 15.7. The third-order valence-electron chi connectivity index (χ3n) is 10.1. The highest BCUT2D eigenvalue weighted by Crippen LogP contribution is 2.34. The number of hydrogen-bond donors (Lipinski definition) is 0. The number of fused-ring (bicyclic) bond motifs is 1. The second kappa shape index (κ2) is 35.5. The number of likely N-dealkylation sites (tertiary alicyclic amines) is 1. The van der Waals surface area contributed by atoms with Gasteiger partial charge in [0.1, 0.15) is 0 Å². The Morgan fingerprint density at radius 1 is 0.456 bits per heavy atom. The van der Waals surface area contributed by atoms with E-state index in [9.17, 15) is 0 Å². The molecule has 330 valence electrons. The smallest absolute Gasteiger partial charge is 0.0723 e. The number of nitrogens with zero attached hydrogens (tertiary/aromatic N) is 5. The number of benzene rings is 2. The van der Waals surface area contributed by atoms with Crippen LogP contribution in [0.5, 0.6) is 0 Å². The van der Waals surface area contributed by atoms with Gasteiger partial charge in [-0.1, -0.05) is 157 Å². The highest BCUT2D eigenvalue weighted by atomic mass is 15.3. The lowest BCUT2D eigenvalue weighted by Gasteiger charge is -2.46. The molecule has 57 heavy (non-hydrogen) atoms. The molecule has 3 aromatic rings. The normalized spacial score (nSPS) is 17.1. The van der Waals surface area contributed by atoms with E-state index in [1.54, 1.807) is 0 Å². The molecule has 0 atom stereocenters. The molecule has 0 radical (unpaired) electrons. The van der Waals surface area contributed by atoms with E-state index in [-0.39, 0.29) is 0 Å². The van der Waals surface area contributed by atoms with Crippen molar-refractivity contribution in [2.75, 3.05) is 57.3 Å². The Labute approximate surface area is 357 Å². The summed E-state index contributed by atoms with van der Waals surface area (Å²) in [5.74, 6) is 0. The first kappa shape index (κ1) is 56.6. The van der Waals surface area contributed by atoms with Gasteiger partial charge in [0, 0.05) is 69.0 Å². The Balaban J connectivity index is 0. The molecule has 4 heterocycles. The van der Waals surface area contributed by atoms with Crippen molar-refractivity contribution in [3.63, 3.8) is 0 Å². The number of hydrogen-bond acceptors (Lipinski definition) is 5. The van der Waals surface area contributed by atoms with Crippen LogP contribution in [0.2, 0.25) is 0 Å². The molecule has 1 aromatic heterocycles. The lowest BCUT2D eigenvalue weighted by molar-refractivity contribution is 0.0416. The van der Waals surface area contributed by atoms with Crippen molar-refractivity contribution in [2.24, 2.45) is 0 Å². The van der Waals surface area contributed by atoms with Crippen LogP contribution in [0, 0.1) is 27.7 Å². The Bertz CT molecular complexity index is 1280. The van der Waals surface area contributed by atoms with Gasteiger partial charge in [0.2, 0.25) is 0 Å². The number of rotatable bonds is 4. The summed E-state index contributed by atoms with van der Waals surface area (Å²) in [6.07, 6.45) is 12.8. The monoisotopic (exact) mass is 792 g/mol. The minimum absolute atomic E-state index is 0.768. The molecule has 2 aromatic carbocycles. The second-order valence-electron chi connectivity index (χ2n) is 14.7. The minimum Gasteiger partial charge on any atom is -0.371 e. The summed E-state index contributed by atoms with van der Waals surface area (Å²) in [5.41, 5.74) is 7.85. The molecule has 0 bridgehead atoms. The molecule has 1 aliphatic carbocycles. The van der Waals surface area contributed by atoms with E-state index in [0.29, 0.717) is 0 Å². The van der Waals surface area contributed by atoms with E-state index in [4.69, 9.17) is 0 Å². The number of aromatic nitrogens is 1. The number of piperazine rings is 1. The van der Waals surface area contributed by atoms with Gasteiger partial charge in [0.15, 0.2) is 0 Å². The number of pyridine rings is 1. The van der Waals surface area contributed by atoms with Gasteiger partial charge in [-0.3, -0.25) is 14.8 Å². The van der Waals surface area contributed by atoms with Crippen LogP contribution in [0.4, 0.5) is 5.69 Å². The first-order valence-electron chi connectivity index (χ1n) is 24.1. The second-order valence-corrected chi connectivity index (χ2v) is 14.7. The molecule has 0 unspecified atom stereocenters. The van der Waals surface area contributed by atoms with Gasteiger partial charge in [-0.15, -0.1) is 0 Å². The molecule has 0 amide bonds. The SMILES string of the molecule is CC.CC.CC.CC.CC.CCC.CCC.Cc1ccc(C)cc1.Cc1ccc2ncc(C)c(N3CCC(N4CCC(N5CCN(C6CC6)CC5)CC4)CC3)c2c1. The highest BCUT2D eigenvalue weighted by Gasteiger charge is 2.35. The summed E-state index contributed by atoms with van der Waals surface area (Å²) in [5, 5.41) is 1.33. The fraction of sp³-hybridized carbons (Fsp3) is 0.712. The fourth-order valence-corrected chi connectivity index (χ4v) is 7.43. The predicted octanol–water partition coefficient (Wildman–Crippen LogP) is 14.3. The molecular formula is C52H97N5. The molecule has 0 spiro atoms. The zero-order valence-electron chi connectivity index (χ0n) is 41.4. The van der Waals surface area contributed by atoms with Gasteiger partial charge >= 0.3 is 0 Å². The molecular weight excluding hydrogens is 695 g/mol. The van der Waals surface area contributed by atoms with Crippen LogP contribution in [0.3, 0.4) is 0 Å². The highest BCUT2D eigenvalue weighted by molar-refractivity contribution is 5.93. The predicted molar refractivity (Wildman–Crippen MR) is 262 cm³/mol. The molecule has 5 heteroatoms. The molecule has 1 saturated carbocycles. The molecule has 0 N–H and O–H groups in total. The summed E-state index contributed by atoms with van der Waals surface area (Å²) >= 11 is 0. The van der Waals surface area contributed by atoms with Crippen LogP contribution < -0.4 is 4.90 Å². The van der Waals surface area contributed by atoms with E-state index in [0.717, 1.165) is 23.6 Å². The van der Waals surface area contributed by atoms with E-state index >= 15 is 0 Å². The van der Waals surface area contributed by atoms with Crippen molar-refractivity contribution in [1.82, 2.24) is 19.7 Å². The Morgan fingerprint density at radius 3 is 1.18 bits per heavy atom. The molecule has 4 aliphatic rings. The van der Waals surface area contributed by atoms with Crippen molar-refractivity contribution in [1.29, 1.82) is 0 Å². The Kier molecular flexibility index (Phi) is 35.2. The van der Waals surface area contributed by atoms with Crippen LogP contribution >= 0.6 is 0 Å². The maximum atomic E-state index is 4.69. The van der Waals surface area contributed by atoms with Crippen LogP contribution in [0.1, 0.15) is 171 Å². The minimum atomic E-state index is 0.768. The quantitative estimate of drug-likeness (QED) is 0.262. The van der Waals surface area contributed by atoms with Gasteiger partial charge in [0.05, 0.1) is 11.2 Å². The molecule has 4 fully saturated rings. The van der Waals surface area contributed by atoms with Gasteiger partial charge in [-0.25, -0.2) is 0 Å². The van der Waals surface area contributed by atoms with Crippen LogP contribution in [-0.4, -0.2) is 90.2 Å². The lowest BCUT2D eigenvalue weighted by atomic mass is 9.95. The first-order chi connectivity index (χ1) is 27.8. The summed E-state index contributed by atoms with van der Waals surface area (Å²) < 4.78 is 0. The van der Waals surface area contributed by atoms with Crippen LogP contribution in [-0.2, 0) is 0 Å². The average Bonchev–Trinajstić information content (AvgIpc) is 4.13. The number of anilines is 1. The fourth-order valence-electron chi connectivity index (χ4n) is 7.43. The summed E-state index contributed by atoms with van der Waals surface area (Å²) in [6, 6.07) is 17.7. The Hall–Kier alpha value is -2.47. The van der Waals surface area contributed by atoms with Gasteiger partial charge < -0.3 is 9.80 Å². The van der Waals surface area contributed by atoms with E-state index in [2.05, 4.69) is 129 Å². The maximum Gasteiger partial charge on any atom is 0.0723 e. The summed E-state index contributed by atoms with van der Waals surface area (Å²) in [7, 11) is 0. The van der Waals surface area contributed by atoms with Crippen molar-refractivity contribution < 1.29 is 0 Å². The summed E-state index contributed by atoms with van der Waals surface area (Å²) in [6.45, 7) is 47.3. The van der Waals surface area contributed by atoms with Crippen molar-refractivity contribution in [3.05, 3.63) is 70.9 Å².